The third-order valence-corrected chi connectivity index (χ3v) is 2.75. The maximum Gasteiger partial charge on any atom is 0.315 e. The molecular weight excluding hydrogens is 246 g/mol. The average molecular weight is 273 g/mol. The minimum atomic E-state index is -0.926. The summed E-state index contributed by atoms with van der Waals surface area (Å²) in [5.74, 6) is -0.926. The van der Waals surface area contributed by atoms with Gasteiger partial charge in [-0.2, -0.15) is 0 Å². The summed E-state index contributed by atoms with van der Waals surface area (Å²) in [5, 5.41) is 14.1. The normalized spacial score (nSPS) is 11.4. The molecule has 0 aliphatic heterocycles. The zero-order chi connectivity index (χ0) is 14.9. The molecule has 2 amide bonds. The molecular formula is C13H27N3O3. The molecule has 0 aromatic heterocycles. The number of likely N-dealkylation sites (N-methyl/N-ethyl adjacent to an activating group) is 1. The van der Waals surface area contributed by atoms with E-state index < -0.39 is 11.5 Å². The Kier molecular flexibility index (Phi) is 8.14. The van der Waals surface area contributed by atoms with Gasteiger partial charge in [-0.15, -0.1) is 0 Å². The number of nitrogens with one attached hydrogen (secondary N) is 2. The van der Waals surface area contributed by atoms with Crippen molar-refractivity contribution in [2.24, 2.45) is 0 Å². The summed E-state index contributed by atoms with van der Waals surface area (Å²) in [7, 11) is 0. The lowest BCUT2D eigenvalue weighted by Crippen LogP contribution is -2.50. The second kappa shape index (κ2) is 8.74. The molecule has 0 rings (SSSR count). The van der Waals surface area contributed by atoms with E-state index in [1.165, 1.54) is 0 Å². The SMILES string of the molecule is CCCN(CC)CCNC(=O)NC(C)(C)CC(=O)O. The fourth-order valence-corrected chi connectivity index (χ4v) is 1.85. The van der Waals surface area contributed by atoms with Crippen molar-refractivity contribution >= 4 is 12.0 Å². The number of carboxylic acids is 1. The summed E-state index contributed by atoms with van der Waals surface area (Å²) in [6.45, 7) is 10.9. The Hall–Kier alpha value is -1.30. The zero-order valence-corrected chi connectivity index (χ0v) is 12.5. The van der Waals surface area contributed by atoms with Gasteiger partial charge in [0, 0.05) is 18.6 Å². The van der Waals surface area contributed by atoms with E-state index in [4.69, 9.17) is 5.11 Å². The van der Waals surface area contributed by atoms with Gasteiger partial charge in [0.2, 0.25) is 0 Å². The number of rotatable bonds is 9. The Balaban J connectivity index is 3.95. The Labute approximate surface area is 115 Å². The van der Waals surface area contributed by atoms with E-state index in [0.717, 1.165) is 26.1 Å². The third kappa shape index (κ3) is 9.30. The molecule has 19 heavy (non-hydrogen) atoms. The summed E-state index contributed by atoms with van der Waals surface area (Å²) in [6, 6.07) is -0.321. The highest BCUT2D eigenvalue weighted by Gasteiger charge is 2.23. The first kappa shape index (κ1) is 17.7. The molecule has 0 unspecified atom stereocenters. The zero-order valence-electron chi connectivity index (χ0n) is 12.5. The molecule has 0 heterocycles. The van der Waals surface area contributed by atoms with Gasteiger partial charge in [0.25, 0.3) is 0 Å². The van der Waals surface area contributed by atoms with Crippen molar-refractivity contribution in [1.82, 2.24) is 15.5 Å². The maximum atomic E-state index is 11.6. The van der Waals surface area contributed by atoms with Crippen LogP contribution in [-0.4, -0.2) is 53.7 Å². The molecule has 0 aromatic rings. The lowest BCUT2D eigenvalue weighted by molar-refractivity contribution is -0.138. The van der Waals surface area contributed by atoms with Crippen LogP contribution in [0.3, 0.4) is 0 Å². The second-order valence-electron chi connectivity index (χ2n) is 5.27. The minimum Gasteiger partial charge on any atom is -0.481 e. The lowest BCUT2D eigenvalue weighted by Gasteiger charge is -2.25. The quantitative estimate of drug-likeness (QED) is 0.591. The standard InChI is InChI=1S/C13H27N3O3/c1-5-8-16(6-2)9-7-14-12(19)15-13(3,4)10-11(17)18/h5-10H2,1-4H3,(H,17,18)(H2,14,15,19). The van der Waals surface area contributed by atoms with E-state index in [2.05, 4.69) is 29.4 Å². The number of amides is 2. The van der Waals surface area contributed by atoms with E-state index in [0.29, 0.717) is 6.54 Å². The van der Waals surface area contributed by atoms with Gasteiger partial charge in [0.1, 0.15) is 0 Å². The average Bonchev–Trinajstić information content (AvgIpc) is 2.25. The van der Waals surface area contributed by atoms with E-state index >= 15 is 0 Å². The number of urea groups is 1. The molecule has 0 saturated heterocycles. The van der Waals surface area contributed by atoms with Crippen LogP contribution in [0.15, 0.2) is 0 Å². The smallest absolute Gasteiger partial charge is 0.315 e. The highest BCUT2D eigenvalue weighted by atomic mass is 16.4. The second-order valence-corrected chi connectivity index (χ2v) is 5.27. The molecule has 0 fully saturated rings. The predicted molar refractivity (Wildman–Crippen MR) is 75.3 cm³/mol. The van der Waals surface area contributed by atoms with Crippen LogP contribution in [0.5, 0.6) is 0 Å². The van der Waals surface area contributed by atoms with Crippen LogP contribution in [0.2, 0.25) is 0 Å². The van der Waals surface area contributed by atoms with Crippen molar-refractivity contribution in [3.05, 3.63) is 0 Å². The number of aliphatic carboxylic acids is 1. The van der Waals surface area contributed by atoms with Gasteiger partial charge in [-0.1, -0.05) is 13.8 Å². The highest BCUT2D eigenvalue weighted by molar-refractivity contribution is 5.76. The minimum absolute atomic E-state index is 0.0999. The van der Waals surface area contributed by atoms with Crippen molar-refractivity contribution in [3.63, 3.8) is 0 Å². The Bertz CT molecular complexity index is 293. The molecule has 0 saturated carbocycles. The number of carbonyl (C=O) groups is 2. The molecule has 0 aromatic carbocycles. The van der Waals surface area contributed by atoms with Crippen molar-refractivity contribution in [1.29, 1.82) is 0 Å². The number of hydrogen-bond acceptors (Lipinski definition) is 3. The van der Waals surface area contributed by atoms with Crippen LogP contribution in [0.4, 0.5) is 4.79 Å². The van der Waals surface area contributed by atoms with Crippen molar-refractivity contribution in [3.8, 4) is 0 Å². The molecule has 0 bridgehead atoms. The summed E-state index contributed by atoms with van der Waals surface area (Å²) in [6.07, 6.45) is 0.989. The number of carbonyl (C=O) groups excluding carboxylic acids is 1. The Morgan fingerprint density at radius 2 is 1.84 bits per heavy atom. The van der Waals surface area contributed by atoms with Crippen LogP contribution in [-0.2, 0) is 4.79 Å². The van der Waals surface area contributed by atoms with E-state index in [1.54, 1.807) is 13.8 Å². The van der Waals surface area contributed by atoms with Crippen LogP contribution in [0.1, 0.15) is 40.5 Å². The van der Waals surface area contributed by atoms with Gasteiger partial charge in [0.05, 0.1) is 6.42 Å². The fourth-order valence-electron chi connectivity index (χ4n) is 1.85. The topological polar surface area (TPSA) is 81.7 Å². The van der Waals surface area contributed by atoms with Gasteiger partial charge in [0.15, 0.2) is 0 Å². The fraction of sp³-hybridized carbons (Fsp3) is 0.846. The van der Waals surface area contributed by atoms with E-state index in [1.807, 2.05) is 0 Å². The Morgan fingerprint density at radius 1 is 1.21 bits per heavy atom. The number of hydrogen-bond donors (Lipinski definition) is 3. The molecule has 3 N–H and O–H groups in total. The molecule has 0 radical (unpaired) electrons. The molecule has 0 atom stereocenters. The summed E-state index contributed by atoms with van der Waals surface area (Å²) >= 11 is 0. The summed E-state index contributed by atoms with van der Waals surface area (Å²) < 4.78 is 0. The predicted octanol–water partition coefficient (Wildman–Crippen LogP) is 1.27. The van der Waals surface area contributed by atoms with E-state index in [-0.39, 0.29) is 12.5 Å². The van der Waals surface area contributed by atoms with Crippen LogP contribution >= 0.6 is 0 Å². The number of carboxylic acid groups (broad SMARTS) is 1. The molecule has 112 valence electrons. The molecule has 0 aliphatic carbocycles. The molecule has 6 heteroatoms. The van der Waals surface area contributed by atoms with Crippen molar-refractivity contribution in [2.75, 3.05) is 26.2 Å². The largest absolute Gasteiger partial charge is 0.481 e. The van der Waals surface area contributed by atoms with Crippen molar-refractivity contribution < 1.29 is 14.7 Å². The summed E-state index contributed by atoms with van der Waals surface area (Å²) in [5.41, 5.74) is -0.746. The maximum absolute atomic E-state index is 11.6. The lowest BCUT2D eigenvalue weighted by atomic mass is 10.0. The molecule has 0 spiro atoms. The monoisotopic (exact) mass is 273 g/mol. The van der Waals surface area contributed by atoms with Gasteiger partial charge in [-0.3, -0.25) is 4.79 Å². The first-order valence-electron chi connectivity index (χ1n) is 6.81. The van der Waals surface area contributed by atoms with Crippen LogP contribution in [0.25, 0.3) is 0 Å². The first-order valence-corrected chi connectivity index (χ1v) is 6.81. The van der Waals surface area contributed by atoms with Gasteiger partial charge in [-0.05, 0) is 33.4 Å². The van der Waals surface area contributed by atoms with Gasteiger partial charge >= 0.3 is 12.0 Å². The molecule has 6 nitrogen and oxygen atoms in total. The highest BCUT2D eigenvalue weighted by Crippen LogP contribution is 2.07. The van der Waals surface area contributed by atoms with Gasteiger partial charge < -0.3 is 20.6 Å². The summed E-state index contributed by atoms with van der Waals surface area (Å²) in [4.78, 5) is 24.5. The third-order valence-electron chi connectivity index (χ3n) is 2.75. The van der Waals surface area contributed by atoms with E-state index in [9.17, 15) is 9.59 Å². The number of nitrogens with zero attached hydrogens (tertiary/aromatic N) is 1. The van der Waals surface area contributed by atoms with Gasteiger partial charge in [-0.25, -0.2) is 4.79 Å². The van der Waals surface area contributed by atoms with Crippen LogP contribution in [0, 0.1) is 0 Å². The van der Waals surface area contributed by atoms with Crippen molar-refractivity contribution in [2.45, 2.75) is 46.1 Å². The Morgan fingerprint density at radius 3 is 2.32 bits per heavy atom. The van der Waals surface area contributed by atoms with Crippen LogP contribution < -0.4 is 10.6 Å². The first-order chi connectivity index (χ1) is 8.80. The molecule has 0 aliphatic rings.